The topological polar surface area (TPSA) is 96.4 Å². The minimum absolute atomic E-state index is 0.0218. The number of hydrazine groups is 1. The smallest absolute Gasteiger partial charge is 0.333 e. The number of nitrogens with zero attached hydrogens (tertiary/aromatic N) is 4. The van der Waals surface area contributed by atoms with Crippen LogP contribution in [0.15, 0.2) is 54.6 Å². The lowest BCUT2D eigenvalue weighted by molar-refractivity contribution is -0.160. The van der Waals surface area contributed by atoms with E-state index >= 15 is 0 Å². The summed E-state index contributed by atoms with van der Waals surface area (Å²) >= 11 is 0. The molecule has 1 unspecified atom stereocenters. The number of carbonyl (C=O) groups excluding carboxylic acids is 3. The molecule has 0 spiro atoms. The molecule has 1 atom stereocenters. The highest BCUT2D eigenvalue weighted by Crippen LogP contribution is 2.19. The molecule has 9 nitrogen and oxygen atoms in total. The van der Waals surface area contributed by atoms with Crippen LogP contribution in [-0.2, 0) is 22.6 Å². The Morgan fingerprint density at radius 2 is 1.71 bits per heavy atom. The number of carbonyl (C=O) groups is 3. The molecule has 1 saturated heterocycles. The fraction of sp³-hybridized carbons (Fsp3) is 0.423. The van der Waals surface area contributed by atoms with Crippen LogP contribution in [-0.4, -0.2) is 82.7 Å². The first-order valence-electron chi connectivity index (χ1n) is 11.8. The second-order valence-electron chi connectivity index (χ2n) is 9.36. The molecule has 3 rings (SSSR count). The number of nitrogens with one attached hydrogen (secondary N) is 1. The zero-order valence-corrected chi connectivity index (χ0v) is 20.8. The molecular weight excluding hydrogens is 446 g/mol. The van der Waals surface area contributed by atoms with Gasteiger partial charge in [0.15, 0.2) is 0 Å². The summed E-state index contributed by atoms with van der Waals surface area (Å²) < 4.78 is 0. The molecule has 0 radical (unpaired) electrons. The minimum atomic E-state index is -0.783. The molecule has 188 valence electrons. The Kier molecular flexibility index (Phi) is 8.70. The highest BCUT2D eigenvalue weighted by Gasteiger charge is 2.39. The SMILES string of the molecule is CC(C)CN(C)C(=O)C(Cc1ccc(O)cc1)N1CN(C(=O)NCc2ccccc2)N(C)CC1=O. The molecule has 9 heteroatoms. The van der Waals surface area contributed by atoms with Crippen molar-refractivity contribution < 1.29 is 19.5 Å². The van der Waals surface area contributed by atoms with E-state index in [2.05, 4.69) is 5.32 Å². The van der Waals surface area contributed by atoms with E-state index in [4.69, 9.17) is 0 Å². The van der Waals surface area contributed by atoms with Crippen LogP contribution in [0.25, 0.3) is 0 Å². The van der Waals surface area contributed by atoms with Gasteiger partial charge in [-0.25, -0.2) is 14.8 Å². The van der Waals surface area contributed by atoms with Crippen LogP contribution >= 0.6 is 0 Å². The Morgan fingerprint density at radius 3 is 2.34 bits per heavy atom. The maximum atomic E-state index is 13.5. The highest BCUT2D eigenvalue weighted by atomic mass is 16.3. The molecule has 4 amide bonds. The van der Waals surface area contributed by atoms with Gasteiger partial charge < -0.3 is 20.2 Å². The van der Waals surface area contributed by atoms with Gasteiger partial charge in [0.25, 0.3) is 0 Å². The summed E-state index contributed by atoms with van der Waals surface area (Å²) in [6, 6.07) is 15.0. The van der Waals surface area contributed by atoms with Crippen LogP contribution in [0.5, 0.6) is 5.75 Å². The fourth-order valence-corrected chi connectivity index (χ4v) is 4.14. The zero-order valence-electron chi connectivity index (χ0n) is 20.8. The summed E-state index contributed by atoms with van der Waals surface area (Å²) in [6.07, 6.45) is 0.274. The maximum Gasteiger partial charge on any atom is 0.333 e. The first kappa shape index (κ1) is 26.0. The van der Waals surface area contributed by atoms with Crippen LogP contribution in [0.3, 0.4) is 0 Å². The number of benzene rings is 2. The normalized spacial score (nSPS) is 15.3. The van der Waals surface area contributed by atoms with Gasteiger partial charge in [-0.1, -0.05) is 56.3 Å². The average Bonchev–Trinajstić information content (AvgIpc) is 2.82. The van der Waals surface area contributed by atoms with Crippen molar-refractivity contribution >= 4 is 17.8 Å². The molecule has 0 bridgehead atoms. The predicted octanol–water partition coefficient (Wildman–Crippen LogP) is 2.28. The van der Waals surface area contributed by atoms with Gasteiger partial charge in [-0.3, -0.25) is 9.59 Å². The Balaban J connectivity index is 1.80. The summed E-state index contributed by atoms with van der Waals surface area (Å²) in [6.45, 7) is 4.89. The number of aromatic hydroxyl groups is 1. The fourth-order valence-electron chi connectivity index (χ4n) is 4.14. The van der Waals surface area contributed by atoms with Gasteiger partial charge in [-0.15, -0.1) is 0 Å². The van der Waals surface area contributed by atoms with Crippen LogP contribution < -0.4 is 5.32 Å². The molecule has 0 saturated carbocycles. The van der Waals surface area contributed by atoms with E-state index in [0.29, 0.717) is 13.1 Å². The van der Waals surface area contributed by atoms with Crippen LogP contribution in [0.4, 0.5) is 4.79 Å². The van der Waals surface area contributed by atoms with E-state index in [1.807, 2.05) is 44.2 Å². The molecular formula is C26H35N5O4. The average molecular weight is 482 g/mol. The van der Waals surface area contributed by atoms with Gasteiger partial charge in [-0.05, 0) is 29.2 Å². The molecule has 2 N–H and O–H groups in total. The third-order valence-corrected chi connectivity index (χ3v) is 5.95. The lowest BCUT2D eigenvalue weighted by Crippen LogP contribution is -2.65. The number of likely N-dealkylation sites (N-methyl/N-ethyl adjacent to an activating group) is 2. The minimum Gasteiger partial charge on any atom is -0.508 e. The van der Waals surface area contributed by atoms with Crippen LogP contribution in [0.1, 0.15) is 25.0 Å². The van der Waals surface area contributed by atoms with E-state index in [9.17, 15) is 19.5 Å². The van der Waals surface area contributed by atoms with E-state index in [1.54, 1.807) is 48.3 Å². The third kappa shape index (κ3) is 6.95. The van der Waals surface area contributed by atoms with Crippen molar-refractivity contribution in [2.24, 2.45) is 5.92 Å². The summed E-state index contributed by atoms with van der Waals surface area (Å²) in [5, 5.41) is 15.5. The summed E-state index contributed by atoms with van der Waals surface area (Å²) in [5.41, 5.74) is 1.77. The van der Waals surface area contributed by atoms with Crippen molar-refractivity contribution in [1.29, 1.82) is 0 Å². The van der Waals surface area contributed by atoms with Crippen molar-refractivity contribution in [2.45, 2.75) is 32.9 Å². The van der Waals surface area contributed by atoms with Gasteiger partial charge in [0.05, 0.1) is 6.54 Å². The van der Waals surface area contributed by atoms with Crippen molar-refractivity contribution in [3.05, 3.63) is 65.7 Å². The molecule has 1 heterocycles. The lowest BCUT2D eigenvalue weighted by Gasteiger charge is -2.44. The van der Waals surface area contributed by atoms with Gasteiger partial charge in [0, 0.05) is 33.6 Å². The first-order chi connectivity index (χ1) is 16.7. The third-order valence-electron chi connectivity index (χ3n) is 5.95. The quantitative estimate of drug-likeness (QED) is 0.603. The molecule has 0 aliphatic carbocycles. The van der Waals surface area contributed by atoms with E-state index in [1.165, 1.54) is 9.91 Å². The highest BCUT2D eigenvalue weighted by molar-refractivity contribution is 5.89. The van der Waals surface area contributed by atoms with E-state index in [0.717, 1.165) is 11.1 Å². The molecule has 2 aromatic carbocycles. The first-order valence-corrected chi connectivity index (χ1v) is 11.8. The van der Waals surface area contributed by atoms with Gasteiger partial charge >= 0.3 is 6.03 Å². The monoisotopic (exact) mass is 481 g/mol. The lowest BCUT2D eigenvalue weighted by atomic mass is 10.0. The summed E-state index contributed by atoms with van der Waals surface area (Å²) in [4.78, 5) is 42.7. The number of phenols is 1. The Bertz CT molecular complexity index is 1010. The van der Waals surface area contributed by atoms with Gasteiger partial charge in [-0.2, -0.15) is 0 Å². The number of hydrogen-bond acceptors (Lipinski definition) is 5. The van der Waals surface area contributed by atoms with Crippen LogP contribution in [0.2, 0.25) is 0 Å². The van der Waals surface area contributed by atoms with Crippen molar-refractivity contribution in [2.75, 3.05) is 33.9 Å². The van der Waals surface area contributed by atoms with E-state index in [-0.39, 0.29) is 49.1 Å². The van der Waals surface area contributed by atoms with Gasteiger partial charge in [0.2, 0.25) is 11.8 Å². The summed E-state index contributed by atoms with van der Waals surface area (Å²) in [7, 11) is 3.41. The second-order valence-corrected chi connectivity index (χ2v) is 9.36. The predicted molar refractivity (Wildman–Crippen MR) is 133 cm³/mol. The zero-order chi connectivity index (χ0) is 25.5. The molecule has 2 aromatic rings. The standard InChI is InChI=1S/C26H35N5O4/c1-19(2)16-28(3)25(34)23(14-20-10-12-22(32)13-11-20)30-18-31(29(4)17-24(30)33)26(35)27-15-21-8-6-5-7-9-21/h5-13,19,23,32H,14-18H2,1-4H3,(H,27,35). The number of hydrogen-bond donors (Lipinski definition) is 2. The second kappa shape index (κ2) is 11.7. The van der Waals surface area contributed by atoms with Crippen molar-refractivity contribution in [3.8, 4) is 5.75 Å². The number of amides is 4. The van der Waals surface area contributed by atoms with Gasteiger partial charge in [0.1, 0.15) is 18.5 Å². The van der Waals surface area contributed by atoms with Crippen molar-refractivity contribution in [1.82, 2.24) is 25.1 Å². The molecule has 35 heavy (non-hydrogen) atoms. The largest absolute Gasteiger partial charge is 0.508 e. The summed E-state index contributed by atoms with van der Waals surface area (Å²) in [5.74, 6) is -0.0174. The molecule has 1 aliphatic heterocycles. The Labute approximate surface area is 206 Å². The molecule has 0 aromatic heterocycles. The number of phenolic OH excluding ortho intramolecular Hbond substituents is 1. The molecule has 1 fully saturated rings. The maximum absolute atomic E-state index is 13.5. The van der Waals surface area contributed by atoms with E-state index < -0.39 is 6.04 Å². The Hall–Kier alpha value is -3.59. The Morgan fingerprint density at radius 1 is 1.06 bits per heavy atom. The van der Waals surface area contributed by atoms with Crippen LogP contribution in [0, 0.1) is 5.92 Å². The molecule has 1 aliphatic rings. The van der Waals surface area contributed by atoms with Crippen molar-refractivity contribution in [3.63, 3.8) is 0 Å². The number of rotatable bonds is 8. The number of urea groups is 1.